The predicted molar refractivity (Wildman–Crippen MR) is 116 cm³/mol. The second-order valence-corrected chi connectivity index (χ2v) is 7.89. The van der Waals surface area contributed by atoms with E-state index in [9.17, 15) is 0 Å². The van der Waals surface area contributed by atoms with Crippen molar-refractivity contribution >= 4 is 11.6 Å². The lowest BCUT2D eigenvalue weighted by Gasteiger charge is -2.23. The molecule has 0 amide bonds. The highest BCUT2D eigenvalue weighted by atomic mass is 15.3. The van der Waals surface area contributed by atoms with E-state index in [2.05, 4.69) is 68.9 Å². The Bertz CT molecular complexity index is 1050. The fourth-order valence-corrected chi connectivity index (χ4v) is 3.79. The third kappa shape index (κ3) is 3.62. The van der Waals surface area contributed by atoms with Gasteiger partial charge < -0.3 is 14.8 Å². The number of nitrogens with zero attached hydrogens (tertiary/aromatic N) is 5. The van der Waals surface area contributed by atoms with Crippen LogP contribution in [0.5, 0.6) is 0 Å². The molecule has 3 aromatic rings. The van der Waals surface area contributed by atoms with E-state index in [-0.39, 0.29) is 0 Å². The lowest BCUT2D eigenvalue weighted by molar-refractivity contribution is 0.763. The summed E-state index contributed by atoms with van der Waals surface area (Å²) in [6.07, 6.45) is 3.47. The number of hydrogen-bond acceptors (Lipinski definition) is 3. The number of hydrogen-bond donors (Lipinski definition) is 1. The van der Waals surface area contributed by atoms with Gasteiger partial charge in [-0.3, -0.25) is 0 Å². The number of guanidine groups is 1. The van der Waals surface area contributed by atoms with Crippen LogP contribution in [0.2, 0.25) is 0 Å². The van der Waals surface area contributed by atoms with Crippen LogP contribution in [0, 0.1) is 6.92 Å². The lowest BCUT2D eigenvalue weighted by atomic mass is 10.0. The van der Waals surface area contributed by atoms with Crippen LogP contribution in [0.15, 0.2) is 53.5 Å². The topological polar surface area (TPSA) is 58.3 Å². The van der Waals surface area contributed by atoms with Gasteiger partial charge in [0.05, 0.1) is 0 Å². The van der Waals surface area contributed by atoms with Crippen molar-refractivity contribution in [3.8, 4) is 11.1 Å². The molecule has 29 heavy (non-hydrogen) atoms. The molecule has 5 rings (SSSR count). The van der Waals surface area contributed by atoms with Crippen molar-refractivity contribution in [1.82, 2.24) is 20.1 Å². The molecule has 1 aliphatic heterocycles. The molecule has 0 spiro atoms. The van der Waals surface area contributed by atoms with E-state index >= 15 is 0 Å². The zero-order chi connectivity index (χ0) is 19.8. The summed E-state index contributed by atoms with van der Waals surface area (Å²) in [5.41, 5.74) is 5.17. The summed E-state index contributed by atoms with van der Waals surface area (Å²) >= 11 is 0. The molecule has 0 saturated heterocycles. The zero-order valence-electron chi connectivity index (χ0n) is 17.0. The average molecular weight is 387 g/mol. The summed E-state index contributed by atoms with van der Waals surface area (Å²) in [5.74, 6) is 2.75. The molecule has 0 unspecified atom stereocenters. The second kappa shape index (κ2) is 7.35. The van der Waals surface area contributed by atoms with Crippen molar-refractivity contribution in [1.29, 1.82) is 0 Å². The third-order valence-electron chi connectivity index (χ3n) is 5.80. The maximum absolute atomic E-state index is 4.92. The summed E-state index contributed by atoms with van der Waals surface area (Å²) in [7, 11) is 1.99. The molecule has 2 heterocycles. The monoisotopic (exact) mass is 386 g/mol. The highest BCUT2D eigenvalue weighted by molar-refractivity contribution is 5.98. The molecule has 1 saturated carbocycles. The molecular formula is C23H26N6. The van der Waals surface area contributed by atoms with E-state index in [4.69, 9.17) is 4.99 Å². The van der Waals surface area contributed by atoms with Crippen LogP contribution in [0.25, 0.3) is 11.1 Å². The van der Waals surface area contributed by atoms with Gasteiger partial charge in [0.1, 0.15) is 12.4 Å². The smallest absolute Gasteiger partial charge is 0.199 e. The summed E-state index contributed by atoms with van der Waals surface area (Å²) in [4.78, 5) is 7.24. The van der Waals surface area contributed by atoms with Gasteiger partial charge in [-0.1, -0.05) is 36.4 Å². The number of aliphatic imine (C=N–C) groups is 1. The Labute approximate surface area is 171 Å². The predicted octanol–water partition coefficient (Wildman–Crippen LogP) is 3.46. The number of anilines is 1. The largest absolute Gasteiger partial charge is 0.353 e. The maximum Gasteiger partial charge on any atom is 0.199 e. The quantitative estimate of drug-likeness (QED) is 0.551. The minimum absolute atomic E-state index is 0.528. The molecule has 2 aromatic carbocycles. The molecule has 1 aromatic heterocycles. The number of fused-ring (bicyclic) bond motifs is 1. The van der Waals surface area contributed by atoms with Crippen molar-refractivity contribution in [2.24, 2.45) is 12.0 Å². The van der Waals surface area contributed by atoms with Crippen molar-refractivity contribution in [3.63, 3.8) is 0 Å². The van der Waals surface area contributed by atoms with Gasteiger partial charge in [-0.2, -0.15) is 0 Å². The zero-order valence-corrected chi connectivity index (χ0v) is 17.0. The van der Waals surface area contributed by atoms with Crippen LogP contribution < -0.4 is 10.2 Å². The molecule has 1 N–H and O–H groups in total. The Balaban J connectivity index is 1.42. The van der Waals surface area contributed by atoms with Crippen molar-refractivity contribution in [3.05, 3.63) is 65.7 Å². The van der Waals surface area contributed by atoms with Gasteiger partial charge in [-0.15, -0.1) is 10.2 Å². The number of aryl methyl sites for hydroxylation is 1. The first kappa shape index (κ1) is 17.9. The average Bonchev–Trinajstić information content (AvgIpc) is 3.39. The summed E-state index contributed by atoms with van der Waals surface area (Å²) in [5, 5.41) is 12.0. The highest BCUT2D eigenvalue weighted by Crippen LogP contribution is 2.33. The van der Waals surface area contributed by atoms with Gasteiger partial charge in [0.25, 0.3) is 0 Å². The van der Waals surface area contributed by atoms with Gasteiger partial charge in [-0.25, -0.2) is 4.99 Å². The van der Waals surface area contributed by atoms with E-state index in [1.54, 1.807) is 0 Å². The maximum atomic E-state index is 4.92. The number of nitrogens with one attached hydrogen (secondary N) is 1. The van der Waals surface area contributed by atoms with E-state index in [0.717, 1.165) is 30.6 Å². The molecule has 0 radical (unpaired) electrons. The number of benzene rings is 2. The number of rotatable bonds is 4. The normalized spacial score (nSPS) is 16.2. The van der Waals surface area contributed by atoms with Crippen LogP contribution in [0.1, 0.15) is 30.1 Å². The van der Waals surface area contributed by atoms with E-state index in [0.29, 0.717) is 12.6 Å². The SMILES string of the molecule is Cc1nnc(CN=C(NC2CC2)N2CCc3cc(-c4ccccc4)ccc32)n1C. The fourth-order valence-electron chi connectivity index (χ4n) is 3.79. The standard InChI is InChI=1S/C23H26N6/c1-16-26-27-22(28(16)2)15-24-23(25-20-9-10-20)29-13-12-19-14-18(8-11-21(19)29)17-6-4-3-5-7-17/h3-8,11,14,20H,9-10,12-13,15H2,1-2H3,(H,24,25). The summed E-state index contributed by atoms with van der Waals surface area (Å²) in [6.45, 7) is 3.44. The molecule has 0 bridgehead atoms. The Morgan fingerprint density at radius 3 is 2.66 bits per heavy atom. The van der Waals surface area contributed by atoms with Crippen LogP contribution in [-0.4, -0.2) is 33.3 Å². The molecule has 148 valence electrons. The Morgan fingerprint density at radius 1 is 1.10 bits per heavy atom. The van der Waals surface area contributed by atoms with Gasteiger partial charge in [0, 0.05) is 25.3 Å². The minimum Gasteiger partial charge on any atom is -0.353 e. The minimum atomic E-state index is 0.528. The van der Waals surface area contributed by atoms with Crippen molar-refractivity contribution in [2.45, 2.75) is 38.8 Å². The molecule has 2 aliphatic rings. The molecule has 6 nitrogen and oxygen atoms in total. The fraction of sp³-hybridized carbons (Fsp3) is 0.348. The molecular weight excluding hydrogens is 360 g/mol. The number of aromatic nitrogens is 3. The van der Waals surface area contributed by atoms with Crippen molar-refractivity contribution in [2.75, 3.05) is 11.4 Å². The van der Waals surface area contributed by atoms with Crippen LogP contribution in [-0.2, 0) is 20.0 Å². The molecule has 6 heteroatoms. The van der Waals surface area contributed by atoms with Gasteiger partial charge in [0.15, 0.2) is 11.8 Å². The van der Waals surface area contributed by atoms with Gasteiger partial charge in [-0.05, 0) is 55.0 Å². The van der Waals surface area contributed by atoms with E-state index in [1.807, 2.05) is 18.5 Å². The van der Waals surface area contributed by atoms with Crippen LogP contribution in [0.3, 0.4) is 0 Å². The van der Waals surface area contributed by atoms with Crippen LogP contribution in [0.4, 0.5) is 5.69 Å². The molecule has 1 aliphatic carbocycles. The molecule has 1 fully saturated rings. The van der Waals surface area contributed by atoms with Crippen LogP contribution >= 0.6 is 0 Å². The Kier molecular flexibility index (Phi) is 4.54. The van der Waals surface area contributed by atoms with Crippen molar-refractivity contribution < 1.29 is 0 Å². The summed E-state index contributed by atoms with van der Waals surface area (Å²) in [6, 6.07) is 17.9. The first-order valence-corrected chi connectivity index (χ1v) is 10.3. The highest BCUT2D eigenvalue weighted by Gasteiger charge is 2.29. The first-order valence-electron chi connectivity index (χ1n) is 10.3. The summed E-state index contributed by atoms with van der Waals surface area (Å²) < 4.78 is 2.00. The second-order valence-electron chi connectivity index (χ2n) is 7.89. The van der Waals surface area contributed by atoms with E-state index in [1.165, 1.54) is 35.2 Å². The Hall–Kier alpha value is -3.15. The van der Waals surface area contributed by atoms with E-state index < -0.39 is 0 Å². The third-order valence-corrected chi connectivity index (χ3v) is 5.80. The molecule has 0 atom stereocenters. The van der Waals surface area contributed by atoms with Gasteiger partial charge in [0.2, 0.25) is 0 Å². The Morgan fingerprint density at radius 2 is 1.93 bits per heavy atom. The van der Waals surface area contributed by atoms with Gasteiger partial charge >= 0.3 is 0 Å². The lowest BCUT2D eigenvalue weighted by Crippen LogP contribution is -2.41. The first-order chi connectivity index (χ1) is 14.2.